The van der Waals surface area contributed by atoms with Crippen LogP contribution in [0.2, 0.25) is 15.1 Å². The number of anilines is 1. The number of carbonyl (C=O) groups is 3. The Balaban J connectivity index is 1.69. The topological polar surface area (TPSA) is 95.5 Å². The molecule has 0 radical (unpaired) electrons. The lowest BCUT2D eigenvalue weighted by Crippen LogP contribution is -2.42. The van der Waals surface area contributed by atoms with Gasteiger partial charge in [-0.3, -0.25) is 9.59 Å². The monoisotopic (exact) mass is 504 g/mol. The highest BCUT2D eigenvalue weighted by molar-refractivity contribution is 6.40. The lowest BCUT2D eigenvalue weighted by Gasteiger charge is -2.16. The Bertz CT molecular complexity index is 1190. The van der Waals surface area contributed by atoms with Gasteiger partial charge in [0.1, 0.15) is 6.04 Å². The molecule has 0 aliphatic carbocycles. The minimum atomic E-state index is -1.18. The molecule has 0 aliphatic rings. The Morgan fingerprint density at radius 2 is 1.48 bits per heavy atom. The van der Waals surface area contributed by atoms with Gasteiger partial charge in [-0.1, -0.05) is 65.1 Å². The highest BCUT2D eigenvalue weighted by atomic mass is 35.5. The summed E-state index contributed by atoms with van der Waals surface area (Å²) in [6.07, 6.45) is 0.0368. The summed E-state index contributed by atoms with van der Waals surface area (Å²) in [5.41, 5.74) is 2.20. The largest absolute Gasteiger partial charge is 0.480 e. The van der Waals surface area contributed by atoms with Crippen molar-refractivity contribution in [3.8, 4) is 0 Å². The van der Waals surface area contributed by atoms with Crippen LogP contribution in [-0.2, 0) is 11.2 Å². The number of hydrogen-bond donors (Lipinski definition) is 3. The molecule has 0 fully saturated rings. The van der Waals surface area contributed by atoms with E-state index < -0.39 is 23.8 Å². The van der Waals surface area contributed by atoms with Crippen LogP contribution in [0.25, 0.3) is 0 Å². The quantitative estimate of drug-likeness (QED) is 0.388. The number of halogens is 3. The summed E-state index contributed by atoms with van der Waals surface area (Å²) in [7, 11) is 0. The van der Waals surface area contributed by atoms with E-state index in [1.165, 1.54) is 6.07 Å². The maximum absolute atomic E-state index is 12.6. The number of rotatable bonds is 7. The van der Waals surface area contributed by atoms with Gasteiger partial charge < -0.3 is 15.7 Å². The van der Waals surface area contributed by atoms with Crippen LogP contribution in [0.5, 0.6) is 0 Å². The van der Waals surface area contributed by atoms with E-state index in [-0.39, 0.29) is 32.6 Å². The van der Waals surface area contributed by atoms with Crippen molar-refractivity contribution in [1.29, 1.82) is 0 Å². The van der Waals surface area contributed by atoms with Crippen LogP contribution in [0, 0.1) is 6.92 Å². The molecule has 9 heteroatoms. The van der Waals surface area contributed by atoms with Crippen molar-refractivity contribution < 1.29 is 19.5 Å². The number of hydrogen-bond acceptors (Lipinski definition) is 3. The molecule has 6 nitrogen and oxygen atoms in total. The number of nitrogens with one attached hydrogen (secondary N) is 2. The van der Waals surface area contributed by atoms with Crippen LogP contribution in [-0.4, -0.2) is 28.9 Å². The van der Waals surface area contributed by atoms with Crippen molar-refractivity contribution in [2.75, 3.05) is 5.32 Å². The van der Waals surface area contributed by atoms with E-state index in [9.17, 15) is 19.5 Å². The first-order valence-corrected chi connectivity index (χ1v) is 10.9. The van der Waals surface area contributed by atoms with E-state index in [1.54, 1.807) is 61.5 Å². The van der Waals surface area contributed by atoms with Gasteiger partial charge in [0.2, 0.25) is 0 Å². The number of benzene rings is 3. The number of carboxylic acid groups (broad SMARTS) is 1. The summed E-state index contributed by atoms with van der Waals surface area (Å²) >= 11 is 18.3. The Morgan fingerprint density at radius 3 is 2.09 bits per heavy atom. The molecular weight excluding hydrogens is 487 g/mol. The molecule has 3 rings (SSSR count). The van der Waals surface area contributed by atoms with Gasteiger partial charge in [-0.25, -0.2) is 4.79 Å². The Labute approximate surface area is 205 Å². The highest BCUT2D eigenvalue weighted by Gasteiger charge is 2.23. The molecule has 0 unspecified atom stereocenters. The van der Waals surface area contributed by atoms with Gasteiger partial charge in [0, 0.05) is 12.1 Å². The standard InChI is InChI=1S/C24H19Cl3N2O4/c1-13-4-2-5-16(21(13)27)22(30)29-19(24(32)33)12-14-8-10-15(11-9-14)28-23(31)20-17(25)6-3-7-18(20)26/h2-11,19H,12H2,1H3,(H,28,31)(H,29,30)(H,32,33)/t19-/m0/s1. The van der Waals surface area contributed by atoms with Crippen molar-refractivity contribution in [3.05, 3.63) is 98.0 Å². The summed E-state index contributed by atoms with van der Waals surface area (Å²) in [6, 6.07) is 15.1. The second kappa shape index (κ2) is 10.7. The van der Waals surface area contributed by atoms with Crippen LogP contribution < -0.4 is 10.6 Å². The molecule has 3 aromatic rings. The summed E-state index contributed by atoms with van der Waals surface area (Å²) in [6.45, 7) is 1.76. The third-order valence-corrected chi connectivity index (χ3v) is 6.01. The maximum atomic E-state index is 12.6. The second-order valence-electron chi connectivity index (χ2n) is 7.25. The molecule has 0 spiro atoms. The minimum absolute atomic E-state index is 0.0368. The van der Waals surface area contributed by atoms with E-state index in [4.69, 9.17) is 34.8 Å². The first-order valence-electron chi connectivity index (χ1n) is 9.80. The van der Waals surface area contributed by atoms with Crippen molar-refractivity contribution >= 4 is 58.3 Å². The summed E-state index contributed by atoms with van der Waals surface area (Å²) in [5.74, 6) is -2.22. The van der Waals surface area contributed by atoms with Crippen molar-refractivity contribution in [3.63, 3.8) is 0 Å². The third-order valence-electron chi connectivity index (χ3n) is 4.88. The lowest BCUT2D eigenvalue weighted by atomic mass is 10.0. The van der Waals surface area contributed by atoms with Gasteiger partial charge in [0.15, 0.2) is 0 Å². The van der Waals surface area contributed by atoms with E-state index in [1.807, 2.05) is 0 Å². The zero-order chi connectivity index (χ0) is 24.1. The molecule has 0 aliphatic heterocycles. The molecule has 0 heterocycles. The number of amides is 2. The van der Waals surface area contributed by atoms with E-state index in [0.29, 0.717) is 16.8 Å². The maximum Gasteiger partial charge on any atom is 0.326 e. The summed E-state index contributed by atoms with van der Waals surface area (Å²) in [5, 5.41) is 15.5. The predicted octanol–water partition coefficient (Wildman–Crippen LogP) is 5.63. The fourth-order valence-electron chi connectivity index (χ4n) is 3.13. The number of aliphatic carboxylic acids is 1. The van der Waals surface area contributed by atoms with Gasteiger partial charge in [-0.2, -0.15) is 0 Å². The molecule has 0 saturated heterocycles. The molecule has 0 aromatic heterocycles. The van der Waals surface area contributed by atoms with Crippen LogP contribution in [0.3, 0.4) is 0 Å². The second-order valence-corrected chi connectivity index (χ2v) is 8.44. The normalized spacial score (nSPS) is 11.5. The Morgan fingerprint density at radius 1 is 0.879 bits per heavy atom. The average Bonchev–Trinajstić information content (AvgIpc) is 2.76. The predicted molar refractivity (Wildman–Crippen MR) is 130 cm³/mol. The van der Waals surface area contributed by atoms with Crippen LogP contribution in [0.4, 0.5) is 5.69 Å². The number of aryl methyl sites for hydroxylation is 1. The fourth-order valence-corrected chi connectivity index (χ4v) is 3.91. The zero-order valence-corrected chi connectivity index (χ0v) is 19.6. The van der Waals surface area contributed by atoms with Crippen LogP contribution in [0.1, 0.15) is 31.8 Å². The summed E-state index contributed by atoms with van der Waals surface area (Å²) < 4.78 is 0. The molecule has 0 saturated carbocycles. The van der Waals surface area contributed by atoms with Gasteiger partial charge in [0.05, 0.1) is 26.2 Å². The molecule has 3 N–H and O–H groups in total. The minimum Gasteiger partial charge on any atom is -0.480 e. The van der Waals surface area contributed by atoms with E-state index >= 15 is 0 Å². The van der Waals surface area contributed by atoms with Gasteiger partial charge in [-0.05, 0) is 48.4 Å². The molecule has 1 atom stereocenters. The van der Waals surface area contributed by atoms with Crippen molar-refractivity contribution in [2.24, 2.45) is 0 Å². The smallest absolute Gasteiger partial charge is 0.326 e. The first kappa shape index (κ1) is 24.6. The van der Waals surface area contributed by atoms with Crippen molar-refractivity contribution in [1.82, 2.24) is 5.32 Å². The molecule has 33 heavy (non-hydrogen) atoms. The van der Waals surface area contributed by atoms with Gasteiger partial charge in [-0.15, -0.1) is 0 Å². The number of carboxylic acids is 1. The highest BCUT2D eigenvalue weighted by Crippen LogP contribution is 2.25. The summed E-state index contributed by atoms with van der Waals surface area (Å²) in [4.78, 5) is 36.8. The van der Waals surface area contributed by atoms with Crippen molar-refractivity contribution in [2.45, 2.75) is 19.4 Å². The third kappa shape index (κ3) is 6.05. The van der Waals surface area contributed by atoms with Gasteiger partial charge >= 0.3 is 5.97 Å². The number of carbonyl (C=O) groups excluding carboxylic acids is 2. The molecule has 3 aromatic carbocycles. The molecule has 170 valence electrons. The van der Waals surface area contributed by atoms with Crippen LogP contribution in [0.15, 0.2) is 60.7 Å². The van der Waals surface area contributed by atoms with E-state index in [2.05, 4.69) is 10.6 Å². The first-order chi connectivity index (χ1) is 15.7. The lowest BCUT2D eigenvalue weighted by molar-refractivity contribution is -0.139. The van der Waals surface area contributed by atoms with E-state index in [0.717, 1.165) is 0 Å². The average molecular weight is 506 g/mol. The SMILES string of the molecule is Cc1cccc(C(=O)N[C@@H](Cc2ccc(NC(=O)c3c(Cl)cccc3Cl)cc2)C(=O)O)c1Cl. The Kier molecular flexibility index (Phi) is 7.97. The molecule has 0 bridgehead atoms. The molecular formula is C24H19Cl3N2O4. The zero-order valence-electron chi connectivity index (χ0n) is 17.4. The van der Waals surface area contributed by atoms with Crippen LogP contribution >= 0.6 is 34.8 Å². The fraction of sp³-hybridized carbons (Fsp3) is 0.125. The van der Waals surface area contributed by atoms with Gasteiger partial charge in [0.25, 0.3) is 11.8 Å². The molecule has 2 amide bonds. The Hall–Kier alpha value is -3.06.